The van der Waals surface area contributed by atoms with E-state index >= 15 is 0 Å². The van der Waals surface area contributed by atoms with Gasteiger partial charge in [0.2, 0.25) is 0 Å². The van der Waals surface area contributed by atoms with Crippen LogP contribution >= 0.6 is 23.2 Å². The molecular weight excluding hydrogens is 471 g/mol. The lowest BCUT2D eigenvalue weighted by molar-refractivity contribution is 0.0392. The van der Waals surface area contributed by atoms with Crippen molar-refractivity contribution in [2.24, 2.45) is 7.05 Å². The maximum absolute atomic E-state index is 13.9. The first kappa shape index (κ1) is 21.4. The lowest BCUT2D eigenvalue weighted by Crippen LogP contribution is -2.50. The molecule has 2 aliphatic heterocycles. The van der Waals surface area contributed by atoms with E-state index in [2.05, 4.69) is 16.3 Å². The molecule has 9 heteroatoms. The van der Waals surface area contributed by atoms with Crippen molar-refractivity contribution in [3.8, 4) is 16.9 Å². The van der Waals surface area contributed by atoms with Crippen molar-refractivity contribution in [3.05, 3.63) is 82.0 Å². The summed E-state index contributed by atoms with van der Waals surface area (Å²) in [5, 5.41) is 13.8. The fourth-order valence-corrected chi connectivity index (χ4v) is 5.85. The summed E-state index contributed by atoms with van der Waals surface area (Å²) in [6.45, 7) is 0. The number of hydrogen-bond acceptors (Lipinski definition) is 4. The summed E-state index contributed by atoms with van der Waals surface area (Å²) in [5.41, 5.74) is 5.60. The second-order valence-corrected chi connectivity index (χ2v) is 9.74. The molecule has 2 aromatic heterocycles. The summed E-state index contributed by atoms with van der Waals surface area (Å²) in [5.74, 6) is -0.0600. The molecule has 7 nitrogen and oxygen atoms in total. The first-order valence-corrected chi connectivity index (χ1v) is 12.1. The fraction of sp³-hybridized carbons (Fsp3) is 0.280. The maximum atomic E-state index is 13.9. The number of nitrogens with zero attached hydrogens (tertiary/aromatic N) is 6. The van der Waals surface area contributed by atoms with Crippen LogP contribution in [0.1, 0.15) is 46.9 Å². The Morgan fingerprint density at radius 3 is 2.68 bits per heavy atom. The zero-order valence-corrected chi connectivity index (χ0v) is 20.0. The van der Waals surface area contributed by atoms with E-state index in [0.717, 1.165) is 48.3 Å². The number of aryl methyl sites for hydroxylation is 1. The van der Waals surface area contributed by atoms with Crippen LogP contribution in [0.5, 0.6) is 0 Å². The fourth-order valence-electron chi connectivity index (χ4n) is 5.46. The van der Waals surface area contributed by atoms with Gasteiger partial charge in [-0.05, 0) is 56.0 Å². The van der Waals surface area contributed by atoms with Gasteiger partial charge in [-0.1, -0.05) is 35.3 Å². The van der Waals surface area contributed by atoms with Gasteiger partial charge >= 0.3 is 0 Å². The van der Waals surface area contributed by atoms with Gasteiger partial charge in [0.1, 0.15) is 12.7 Å². The molecule has 34 heavy (non-hydrogen) atoms. The highest BCUT2D eigenvalue weighted by Crippen LogP contribution is 2.45. The number of hydrogen-bond donors (Lipinski definition) is 0. The molecule has 2 atom stereocenters. The third-order valence-electron chi connectivity index (χ3n) is 6.91. The normalized spacial score (nSPS) is 19.2. The third kappa shape index (κ3) is 3.42. The summed E-state index contributed by atoms with van der Waals surface area (Å²) in [6, 6.07) is 13.3. The Balaban J connectivity index is 1.41. The van der Waals surface area contributed by atoms with Gasteiger partial charge in [-0.25, -0.2) is 0 Å². The minimum atomic E-state index is -0.0798. The molecule has 1 amide bonds. The second-order valence-electron chi connectivity index (χ2n) is 8.90. The van der Waals surface area contributed by atoms with E-state index in [9.17, 15) is 4.79 Å². The van der Waals surface area contributed by atoms with Crippen molar-refractivity contribution < 1.29 is 4.79 Å². The molecule has 2 aliphatic rings. The van der Waals surface area contributed by atoms with Crippen molar-refractivity contribution in [2.45, 2.75) is 37.8 Å². The highest BCUT2D eigenvalue weighted by Gasteiger charge is 2.43. The van der Waals surface area contributed by atoms with Crippen LogP contribution in [0.3, 0.4) is 0 Å². The number of piperidine rings is 1. The van der Waals surface area contributed by atoms with E-state index in [1.807, 2.05) is 47.0 Å². The molecule has 4 heterocycles. The molecule has 1 fully saturated rings. The molecule has 0 saturated carbocycles. The first-order chi connectivity index (χ1) is 16.5. The average molecular weight is 493 g/mol. The van der Waals surface area contributed by atoms with E-state index in [-0.39, 0.29) is 18.0 Å². The standard InChI is InChI=1S/C25H22Cl2N6O/c1-31-24(15-4-2-5-16(26)10-15)20-12-18-6-3-7-22(23(20)30-31)33(18)25(34)19-11-17(8-9-21(19)27)32-13-28-29-14-32/h2,4-5,8-11,13-14,18,22H,3,6-7,12H2,1H3/t18-,22+/m0/s1. The smallest absolute Gasteiger partial charge is 0.256 e. The van der Waals surface area contributed by atoms with Crippen LogP contribution in [0.4, 0.5) is 0 Å². The highest BCUT2D eigenvalue weighted by molar-refractivity contribution is 6.34. The van der Waals surface area contributed by atoms with Crippen molar-refractivity contribution in [3.63, 3.8) is 0 Å². The largest absolute Gasteiger partial charge is 0.327 e. The lowest BCUT2D eigenvalue weighted by Gasteiger charge is -2.45. The summed E-state index contributed by atoms with van der Waals surface area (Å²) in [4.78, 5) is 15.9. The van der Waals surface area contributed by atoms with E-state index in [1.165, 1.54) is 5.56 Å². The van der Waals surface area contributed by atoms with Crippen LogP contribution in [0.15, 0.2) is 55.1 Å². The number of fused-ring (bicyclic) bond motifs is 4. The molecule has 0 aliphatic carbocycles. The van der Waals surface area contributed by atoms with Gasteiger partial charge < -0.3 is 4.90 Å². The molecule has 0 N–H and O–H groups in total. The number of amides is 1. The van der Waals surface area contributed by atoms with Crippen LogP contribution in [0.25, 0.3) is 16.9 Å². The van der Waals surface area contributed by atoms with Crippen molar-refractivity contribution >= 4 is 29.1 Å². The van der Waals surface area contributed by atoms with Crippen molar-refractivity contribution in [2.75, 3.05) is 0 Å². The monoisotopic (exact) mass is 492 g/mol. The number of aromatic nitrogens is 5. The molecule has 1 saturated heterocycles. The number of halogens is 2. The van der Waals surface area contributed by atoms with Gasteiger partial charge in [-0.2, -0.15) is 5.10 Å². The van der Waals surface area contributed by atoms with E-state index in [4.69, 9.17) is 28.3 Å². The maximum Gasteiger partial charge on any atom is 0.256 e. The Kier molecular flexibility index (Phi) is 5.19. The van der Waals surface area contributed by atoms with E-state index in [1.54, 1.807) is 23.3 Å². The Bertz CT molecular complexity index is 1400. The third-order valence-corrected chi connectivity index (χ3v) is 7.47. The Hall–Kier alpha value is -3.16. The summed E-state index contributed by atoms with van der Waals surface area (Å²) in [7, 11) is 1.96. The predicted molar refractivity (Wildman–Crippen MR) is 130 cm³/mol. The van der Waals surface area contributed by atoms with Crippen LogP contribution in [-0.2, 0) is 13.5 Å². The minimum absolute atomic E-state index is 0.0600. The van der Waals surface area contributed by atoms with Crippen LogP contribution < -0.4 is 0 Å². The molecule has 2 aromatic carbocycles. The van der Waals surface area contributed by atoms with Crippen LogP contribution in [0.2, 0.25) is 10.0 Å². The quantitative estimate of drug-likeness (QED) is 0.390. The number of rotatable bonds is 3. The van der Waals surface area contributed by atoms with Gasteiger partial charge in [-0.3, -0.25) is 14.0 Å². The molecule has 0 spiro atoms. The Morgan fingerprint density at radius 1 is 1.06 bits per heavy atom. The summed E-state index contributed by atoms with van der Waals surface area (Å²) in [6.07, 6.45) is 6.86. The summed E-state index contributed by atoms with van der Waals surface area (Å²) < 4.78 is 3.69. The predicted octanol–water partition coefficient (Wildman–Crippen LogP) is 5.27. The number of benzene rings is 2. The summed E-state index contributed by atoms with van der Waals surface area (Å²) >= 11 is 12.8. The van der Waals surface area contributed by atoms with E-state index < -0.39 is 0 Å². The lowest BCUT2D eigenvalue weighted by atomic mass is 9.81. The van der Waals surface area contributed by atoms with Crippen molar-refractivity contribution in [1.82, 2.24) is 29.4 Å². The van der Waals surface area contributed by atoms with Gasteiger partial charge in [-0.15, -0.1) is 10.2 Å². The molecular formula is C25H22Cl2N6O. The zero-order valence-electron chi connectivity index (χ0n) is 18.5. The number of carbonyl (C=O) groups excluding carboxylic acids is 1. The molecule has 2 bridgehead atoms. The number of carbonyl (C=O) groups is 1. The highest BCUT2D eigenvalue weighted by atomic mass is 35.5. The van der Waals surface area contributed by atoms with Gasteiger partial charge in [0.05, 0.1) is 28.0 Å². The zero-order chi connectivity index (χ0) is 23.4. The first-order valence-electron chi connectivity index (χ1n) is 11.3. The molecule has 172 valence electrons. The van der Waals surface area contributed by atoms with Crippen LogP contribution in [-0.4, -0.2) is 41.4 Å². The van der Waals surface area contributed by atoms with Crippen LogP contribution in [0, 0.1) is 0 Å². The molecule has 0 unspecified atom stereocenters. The topological polar surface area (TPSA) is 68.8 Å². The van der Waals surface area contributed by atoms with Crippen molar-refractivity contribution in [1.29, 1.82) is 0 Å². The molecule has 4 aromatic rings. The Labute approximate surface area is 206 Å². The van der Waals surface area contributed by atoms with E-state index in [0.29, 0.717) is 15.6 Å². The SMILES string of the molecule is Cn1nc2c(c1-c1cccc(Cl)c1)C[C@@H]1CCC[C@H]2N1C(=O)c1cc(-n2cnnc2)ccc1Cl. The Morgan fingerprint density at radius 2 is 1.88 bits per heavy atom. The molecule has 6 rings (SSSR count). The van der Waals surface area contributed by atoms with Gasteiger partial charge in [0, 0.05) is 34.9 Å². The minimum Gasteiger partial charge on any atom is -0.327 e. The second kappa shape index (κ2) is 8.25. The molecule has 0 radical (unpaired) electrons. The van der Waals surface area contributed by atoms with Gasteiger partial charge in [0.25, 0.3) is 5.91 Å². The average Bonchev–Trinajstić information content (AvgIpc) is 3.47. The van der Waals surface area contributed by atoms with Gasteiger partial charge in [0.15, 0.2) is 0 Å².